The fourth-order valence-corrected chi connectivity index (χ4v) is 2.34. The first-order valence-electron chi connectivity index (χ1n) is 6.77. The van der Waals surface area contributed by atoms with E-state index >= 15 is 0 Å². The van der Waals surface area contributed by atoms with Crippen molar-refractivity contribution in [1.82, 2.24) is 19.6 Å². The number of rotatable bonds is 2. The average molecular weight is 304 g/mol. The van der Waals surface area contributed by atoms with Gasteiger partial charge in [0.1, 0.15) is 6.54 Å². The van der Waals surface area contributed by atoms with Crippen molar-refractivity contribution in [2.45, 2.75) is 26.6 Å². The molecule has 1 fully saturated rings. The lowest BCUT2D eigenvalue weighted by atomic mass is 10.2. The largest absolute Gasteiger partial charge is 0.435 e. The summed E-state index contributed by atoms with van der Waals surface area (Å²) in [5, 5.41) is 3.56. The third-order valence-corrected chi connectivity index (χ3v) is 3.92. The minimum atomic E-state index is -4.49. The molecule has 1 aliphatic heterocycles. The first kappa shape index (κ1) is 15.8. The molecule has 0 bridgehead atoms. The monoisotopic (exact) mass is 304 g/mol. The number of nitrogens with zero attached hydrogens (tertiary/aromatic N) is 4. The fourth-order valence-electron chi connectivity index (χ4n) is 2.34. The third-order valence-electron chi connectivity index (χ3n) is 3.92. The Morgan fingerprint density at radius 1 is 1.19 bits per heavy atom. The van der Waals surface area contributed by atoms with Crippen molar-refractivity contribution in [3.8, 4) is 0 Å². The molecule has 0 saturated carbocycles. The van der Waals surface area contributed by atoms with Crippen LogP contribution in [0.3, 0.4) is 0 Å². The zero-order chi connectivity index (χ0) is 15.8. The van der Waals surface area contributed by atoms with Crippen LogP contribution in [0.25, 0.3) is 0 Å². The van der Waals surface area contributed by atoms with Gasteiger partial charge in [0.05, 0.1) is 0 Å². The van der Waals surface area contributed by atoms with E-state index in [9.17, 15) is 18.0 Å². The van der Waals surface area contributed by atoms with Crippen LogP contribution >= 0.6 is 0 Å². The molecule has 1 aliphatic rings. The number of piperazine rings is 1. The van der Waals surface area contributed by atoms with Crippen molar-refractivity contribution in [2.24, 2.45) is 0 Å². The number of hydrogen-bond acceptors (Lipinski definition) is 3. The maximum atomic E-state index is 12.8. The molecular formula is C13H19F3N4O. The Morgan fingerprint density at radius 2 is 1.76 bits per heavy atom. The van der Waals surface area contributed by atoms with E-state index < -0.39 is 11.9 Å². The lowest BCUT2D eigenvalue weighted by Gasteiger charge is -2.32. The molecule has 0 radical (unpaired) electrons. The molecule has 0 N–H and O–H groups in total. The molecule has 0 unspecified atom stereocenters. The predicted molar refractivity (Wildman–Crippen MR) is 70.8 cm³/mol. The van der Waals surface area contributed by atoms with Crippen LogP contribution in [0.1, 0.15) is 17.0 Å². The summed E-state index contributed by atoms with van der Waals surface area (Å²) in [6.07, 6.45) is -4.49. The fraction of sp³-hybridized carbons (Fsp3) is 0.692. The number of carbonyl (C=O) groups is 1. The molecule has 1 saturated heterocycles. The van der Waals surface area contributed by atoms with Crippen LogP contribution < -0.4 is 0 Å². The highest BCUT2D eigenvalue weighted by atomic mass is 19.4. The lowest BCUT2D eigenvalue weighted by Crippen LogP contribution is -2.48. The molecule has 2 heterocycles. The van der Waals surface area contributed by atoms with Gasteiger partial charge in [0.2, 0.25) is 5.91 Å². The first-order valence-corrected chi connectivity index (χ1v) is 6.77. The molecule has 1 aromatic heterocycles. The molecule has 0 aromatic carbocycles. The van der Waals surface area contributed by atoms with Crippen molar-refractivity contribution in [1.29, 1.82) is 0 Å². The number of hydrogen-bond donors (Lipinski definition) is 0. The van der Waals surface area contributed by atoms with Gasteiger partial charge in [-0.2, -0.15) is 18.3 Å². The van der Waals surface area contributed by atoms with Gasteiger partial charge in [-0.3, -0.25) is 9.48 Å². The van der Waals surface area contributed by atoms with Crippen LogP contribution in [0.2, 0.25) is 0 Å². The Bertz CT molecular complexity index is 530. The van der Waals surface area contributed by atoms with E-state index in [1.165, 1.54) is 6.92 Å². The Kier molecular flexibility index (Phi) is 4.27. The zero-order valence-electron chi connectivity index (χ0n) is 12.4. The zero-order valence-corrected chi connectivity index (χ0v) is 12.4. The molecule has 118 valence electrons. The number of aromatic nitrogens is 2. The Hall–Kier alpha value is -1.57. The van der Waals surface area contributed by atoms with Gasteiger partial charge in [0, 0.05) is 37.4 Å². The summed E-state index contributed by atoms with van der Waals surface area (Å²) < 4.78 is 39.6. The maximum Gasteiger partial charge on any atom is 0.435 e. The van der Waals surface area contributed by atoms with Crippen molar-refractivity contribution < 1.29 is 18.0 Å². The van der Waals surface area contributed by atoms with Gasteiger partial charge in [0.25, 0.3) is 0 Å². The molecule has 8 heteroatoms. The minimum absolute atomic E-state index is 0.0775. The number of halogens is 3. The topological polar surface area (TPSA) is 41.4 Å². The summed E-state index contributed by atoms with van der Waals surface area (Å²) in [5.74, 6) is -0.192. The van der Waals surface area contributed by atoms with Crippen molar-refractivity contribution in [3.63, 3.8) is 0 Å². The van der Waals surface area contributed by atoms with E-state index in [1.807, 2.05) is 7.05 Å². The van der Waals surface area contributed by atoms with E-state index in [4.69, 9.17) is 0 Å². The normalized spacial score (nSPS) is 17.3. The highest BCUT2D eigenvalue weighted by Gasteiger charge is 2.37. The van der Waals surface area contributed by atoms with Crippen LogP contribution in [0.4, 0.5) is 13.2 Å². The standard InChI is InChI=1S/C13H19F3N4O/c1-9-10(2)20(17-12(9)13(14,15)16)8-11(21)19-6-4-18(3)5-7-19/h4-8H2,1-3H3. The third kappa shape index (κ3) is 3.37. The average Bonchev–Trinajstić information content (AvgIpc) is 2.67. The molecule has 2 rings (SSSR count). The van der Waals surface area contributed by atoms with Gasteiger partial charge in [0.15, 0.2) is 5.69 Å². The summed E-state index contributed by atoms with van der Waals surface area (Å²) in [6.45, 7) is 5.53. The number of amides is 1. The van der Waals surface area contributed by atoms with E-state index in [1.54, 1.807) is 11.8 Å². The predicted octanol–water partition coefficient (Wildman–Crippen LogP) is 1.29. The second kappa shape index (κ2) is 5.67. The first-order chi connectivity index (χ1) is 9.70. The second-order valence-corrected chi connectivity index (χ2v) is 5.40. The Morgan fingerprint density at radius 3 is 2.24 bits per heavy atom. The summed E-state index contributed by atoms with van der Waals surface area (Å²) in [6, 6.07) is 0. The van der Waals surface area contributed by atoms with E-state index in [0.29, 0.717) is 18.8 Å². The Labute approximate surface area is 121 Å². The number of likely N-dealkylation sites (N-methyl/N-ethyl adjacent to an activating group) is 1. The highest BCUT2D eigenvalue weighted by molar-refractivity contribution is 5.76. The van der Waals surface area contributed by atoms with Crippen molar-refractivity contribution in [2.75, 3.05) is 33.2 Å². The van der Waals surface area contributed by atoms with E-state index in [-0.39, 0.29) is 18.0 Å². The number of carbonyl (C=O) groups excluding carboxylic acids is 1. The van der Waals surface area contributed by atoms with Gasteiger partial charge < -0.3 is 9.80 Å². The summed E-state index contributed by atoms with van der Waals surface area (Å²) in [7, 11) is 1.97. The molecule has 21 heavy (non-hydrogen) atoms. The maximum absolute atomic E-state index is 12.8. The molecule has 0 atom stereocenters. The van der Waals surface area contributed by atoms with Crippen LogP contribution in [0.15, 0.2) is 0 Å². The SMILES string of the molecule is Cc1c(C(F)(F)F)nn(CC(=O)N2CCN(C)CC2)c1C. The quantitative estimate of drug-likeness (QED) is 0.827. The van der Waals surface area contributed by atoms with Gasteiger partial charge in [-0.15, -0.1) is 0 Å². The Balaban J connectivity index is 2.11. The van der Waals surface area contributed by atoms with E-state index in [0.717, 1.165) is 17.8 Å². The molecular weight excluding hydrogens is 285 g/mol. The summed E-state index contributed by atoms with van der Waals surface area (Å²) in [4.78, 5) is 15.9. The van der Waals surface area contributed by atoms with Crippen LogP contribution in [-0.2, 0) is 17.5 Å². The molecule has 0 aliphatic carbocycles. The van der Waals surface area contributed by atoms with Crippen molar-refractivity contribution in [3.05, 3.63) is 17.0 Å². The number of alkyl halides is 3. The van der Waals surface area contributed by atoms with Gasteiger partial charge in [-0.25, -0.2) is 0 Å². The second-order valence-electron chi connectivity index (χ2n) is 5.40. The highest BCUT2D eigenvalue weighted by Crippen LogP contribution is 2.31. The van der Waals surface area contributed by atoms with Crippen molar-refractivity contribution >= 4 is 5.91 Å². The van der Waals surface area contributed by atoms with Gasteiger partial charge >= 0.3 is 6.18 Å². The van der Waals surface area contributed by atoms with Crippen LogP contribution in [-0.4, -0.2) is 58.7 Å². The van der Waals surface area contributed by atoms with Crippen LogP contribution in [0.5, 0.6) is 0 Å². The van der Waals surface area contributed by atoms with Gasteiger partial charge in [-0.05, 0) is 20.9 Å². The molecule has 1 amide bonds. The smallest absolute Gasteiger partial charge is 0.339 e. The molecule has 5 nitrogen and oxygen atoms in total. The lowest BCUT2D eigenvalue weighted by molar-refractivity contribution is -0.142. The van der Waals surface area contributed by atoms with Gasteiger partial charge in [-0.1, -0.05) is 0 Å². The molecule has 1 aromatic rings. The van der Waals surface area contributed by atoms with Crippen LogP contribution in [0, 0.1) is 13.8 Å². The van der Waals surface area contributed by atoms with E-state index in [2.05, 4.69) is 10.00 Å². The summed E-state index contributed by atoms with van der Waals surface area (Å²) >= 11 is 0. The summed E-state index contributed by atoms with van der Waals surface area (Å²) in [5.41, 5.74) is -0.454. The molecule has 0 spiro atoms. The minimum Gasteiger partial charge on any atom is -0.339 e.